The molecule has 2 aromatic heterocycles. The van der Waals surface area contributed by atoms with E-state index in [0.717, 1.165) is 61.4 Å². The smallest absolute Gasteiger partial charge is 0.295 e. The lowest BCUT2D eigenvalue weighted by Crippen LogP contribution is -2.19. The number of fused-ring (bicyclic) bond motifs is 1. The fraction of sp³-hybridized carbons (Fsp3) is 0.0541. The van der Waals surface area contributed by atoms with Crippen LogP contribution in [0.25, 0.3) is 67.2 Å². The van der Waals surface area contributed by atoms with Gasteiger partial charge in [-0.3, -0.25) is 9.13 Å². The van der Waals surface area contributed by atoms with E-state index in [-0.39, 0.29) is 5.69 Å². The van der Waals surface area contributed by atoms with Gasteiger partial charge in [-0.1, -0.05) is 109 Å². The van der Waals surface area contributed by atoms with Crippen LogP contribution >= 0.6 is 0 Å². The summed E-state index contributed by atoms with van der Waals surface area (Å²) in [7, 11) is 3.62. The summed E-state index contributed by atoms with van der Waals surface area (Å²) in [6.45, 7) is 0. The molecule has 0 spiro atoms. The second-order valence-electron chi connectivity index (χ2n) is 10.5. The summed E-state index contributed by atoms with van der Waals surface area (Å²) in [6, 6.07) is 45.6. The number of benzene rings is 5. The maximum absolute atomic E-state index is 12.4. The van der Waals surface area contributed by atoms with Gasteiger partial charge in [0, 0.05) is 30.8 Å². The van der Waals surface area contributed by atoms with Crippen LogP contribution in [0.3, 0.4) is 0 Å². The topological polar surface area (TPSA) is 52.7 Å². The molecule has 7 rings (SSSR count). The average molecular weight is 545 g/mol. The van der Waals surface area contributed by atoms with Gasteiger partial charge in [0.05, 0.1) is 22.4 Å². The second-order valence-corrected chi connectivity index (χ2v) is 10.5. The molecule has 0 saturated heterocycles. The average Bonchev–Trinajstić information content (AvgIpc) is 3.28. The fourth-order valence-corrected chi connectivity index (χ4v) is 5.47. The summed E-state index contributed by atoms with van der Waals surface area (Å²) in [5, 5.41) is 0. The van der Waals surface area contributed by atoms with Crippen LogP contribution in [0.2, 0.25) is 0 Å². The van der Waals surface area contributed by atoms with Crippen LogP contribution in [0.5, 0.6) is 0 Å². The van der Waals surface area contributed by atoms with Crippen LogP contribution in [-0.2, 0) is 14.1 Å². The third kappa shape index (κ3) is 4.61. The van der Waals surface area contributed by atoms with Crippen molar-refractivity contribution in [2.45, 2.75) is 0 Å². The predicted molar refractivity (Wildman–Crippen MR) is 171 cm³/mol. The maximum Gasteiger partial charge on any atom is 0.328 e. The molecule has 0 atom stereocenters. The van der Waals surface area contributed by atoms with E-state index in [2.05, 4.69) is 78.9 Å². The third-order valence-electron chi connectivity index (χ3n) is 7.81. The van der Waals surface area contributed by atoms with Gasteiger partial charge in [0.1, 0.15) is 0 Å². The van der Waals surface area contributed by atoms with Crippen molar-refractivity contribution in [2.75, 3.05) is 0 Å². The van der Waals surface area contributed by atoms with Gasteiger partial charge in [-0.05, 0) is 46.5 Å². The van der Waals surface area contributed by atoms with E-state index in [9.17, 15) is 4.79 Å². The highest BCUT2D eigenvalue weighted by atomic mass is 16.1. The first kappa shape index (κ1) is 25.4. The Balaban J connectivity index is 1.25. The van der Waals surface area contributed by atoms with Crippen molar-refractivity contribution in [1.29, 1.82) is 0 Å². The van der Waals surface area contributed by atoms with E-state index in [4.69, 9.17) is 9.97 Å². The summed E-state index contributed by atoms with van der Waals surface area (Å²) in [5.41, 5.74) is 11.1. The number of nitrogens with zero attached hydrogens (tertiary/aromatic N) is 4. The van der Waals surface area contributed by atoms with Crippen LogP contribution in [-0.4, -0.2) is 19.1 Å². The van der Waals surface area contributed by atoms with Gasteiger partial charge in [-0.15, -0.1) is 0 Å². The normalized spacial score (nSPS) is 11.2. The highest BCUT2D eigenvalue weighted by molar-refractivity contribution is 5.84. The van der Waals surface area contributed by atoms with Crippen molar-refractivity contribution >= 4 is 11.0 Å². The largest absolute Gasteiger partial charge is 0.328 e. The molecule has 0 aliphatic carbocycles. The minimum atomic E-state index is -0.0218. The number of hydrogen-bond donors (Lipinski definition) is 0. The zero-order valence-electron chi connectivity index (χ0n) is 23.4. The number of aromatic nitrogens is 4. The van der Waals surface area contributed by atoms with E-state index in [1.165, 1.54) is 0 Å². The Hall–Kier alpha value is -5.55. The first-order chi connectivity index (χ1) is 20.5. The number of imidazole rings is 1. The van der Waals surface area contributed by atoms with E-state index in [0.29, 0.717) is 5.82 Å². The zero-order chi connectivity index (χ0) is 28.6. The third-order valence-corrected chi connectivity index (χ3v) is 7.81. The quantitative estimate of drug-likeness (QED) is 0.221. The maximum atomic E-state index is 12.4. The molecular formula is C37H28N4O. The van der Waals surface area contributed by atoms with Gasteiger partial charge in [0.15, 0.2) is 5.82 Å². The standard InChI is InChI=1S/C37H28N4O/c1-40-34-21-20-31(23-35(34)41(2)37(40)42)30-15-9-14-29(22-30)25-16-18-27(19-17-25)33-24-32(26-10-5-3-6-11-26)38-36(39-33)28-12-7-4-8-13-28/h3-24H,1-2H3. The molecule has 0 unspecified atom stereocenters. The molecule has 0 radical (unpaired) electrons. The predicted octanol–water partition coefficient (Wildman–Crippen LogP) is 8.00. The van der Waals surface area contributed by atoms with E-state index in [1.807, 2.05) is 61.6 Å². The molecule has 0 fully saturated rings. The Bertz CT molecular complexity index is 2050. The van der Waals surface area contributed by atoms with Gasteiger partial charge in [0.2, 0.25) is 0 Å². The lowest BCUT2D eigenvalue weighted by Gasteiger charge is -2.11. The van der Waals surface area contributed by atoms with Crippen molar-refractivity contribution in [2.24, 2.45) is 14.1 Å². The number of hydrogen-bond acceptors (Lipinski definition) is 3. The molecule has 42 heavy (non-hydrogen) atoms. The molecule has 2 heterocycles. The van der Waals surface area contributed by atoms with Gasteiger partial charge in [0.25, 0.3) is 0 Å². The molecule has 0 aliphatic rings. The van der Waals surface area contributed by atoms with E-state index >= 15 is 0 Å². The van der Waals surface area contributed by atoms with Crippen LogP contribution in [0.4, 0.5) is 0 Å². The van der Waals surface area contributed by atoms with Gasteiger partial charge < -0.3 is 0 Å². The van der Waals surface area contributed by atoms with Crippen molar-refractivity contribution in [3.63, 3.8) is 0 Å². The Kier molecular flexibility index (Phi) is 6.32. The van der Waals surface area contributed by atoms with Crippen LogP contribution in [0.15, 0.2) is 138 Å². The van der Waals surface area contributed by atoms with Gasteiger partial charge in [-0.25, -0.2) is 14.8 Å². The van der Waals surface area contributed by atoms with Crippen LogP contribution in [0.1, 0.15) is 0 Å². The van der Waals surface area contributed by atoms with Gasteiger partial charge >= 0.3 is 5.69 Å². The summed E-state index contributed by atoms with van der Waals surface area (Å²) in [4.78, 5) is 22.3. The van der Waals surface area contributed by atoms with E-state index in [1.54, 1.807) is 16.2 Å². The zero-order valence-corrected chi connectivity index (χ0v) is 23.4. The molecule has 0 saturated carbocycles. The molecule has 5 aromatic carbocycles. The van der Waals surface area contributed by atoms with Crippen molar-refractivity contribution in [3.8, 4) is 56.2 Å². The molecule has 0 aliphatic heterocycles. The van der Waals surface area contributed by atoms with Gasteiger partial charge in [-0.2, -0.15) is 0 Å². The van der Waals surface area contributed by atoms with Crippen molar-refractivity contribution < 1.29 is 0 Å². The lowest BCUT2D eigenvalue weighted by molar-refractivity contribution is 0.795. The van der Waals surface area contributed by atoms with Crippen LogP contribution < -0.4 is 5.69 Å². The summed E-state index contributed by atoms with van der Waals surface area (Å²) >= 11 is 0. The van der Waals surface area contributed by atoms with Crippen LogP contribution in [0, 0.1) is 0 Å². The Labute approximate surface area is 244 Å². The monoisotopic (exact) mass is 544 g/mol. The minimum absolute atomic E-state index is 0.0218. The number of rotatable bonds is 5. The summed E-state index contributed by atoms with van der Waals surface area (Å²) < 4.78 is 3.38. The first-order valence-electron chi connectivity index (χ1n) is 13.9. The van der Waals surface area contributed by atoms with Crippen molar-refractivity contribution in [1.82, 2.24) is 19.1 Å². The second kappa shape index (κ2) is 10.5. The molecule has 7 aromatic rings. The highest BCUT2D eigenvalue weighted by Crippen LogP contribution is 2.31. The lowest BCUT2D eigenvalue weighted by atomic mass is 9.97. The van der Waals surface area contributed by atoms with E-state index < -0.39 is 0 Å². The Morgan fingerprint density at radius 1 is 0.429 bits per heavy atom. The number of aryl methyl sites for hydroxylation is 2. The molecule has 5 heteroatoms. The molecule has 202 valence electrons. The summed E-state index contributed by atoms with van der Waals surface area (Å²) in [5.74, 6) is 0.705. The molecule has 5 nitrogen and oxygen atoms in total. The molecule has 0 N–H and O–H groups in total. The SMILES string of the molecule is Cn1c(=O)n(C)c2cc(-c3cccc(-c4ccc(-c5cc(-c6ccccc6)nc(-c6ccccc6)n5)cc4)c3)ccc21. The van der Waals surface area contributed by atoms with Crippen molar-refractivity contribution in [3.05, 3.63) is 144 Å². The fourth-order valence-electron chi connectivity index (χ4n) is 5.47. The highest BCUT2D eigenvalue weighted by Gasteiger charge is 2.12. The molecular weight excluding hydrogens is 516 g/mol. The Morgan fingerprint density at radius 2 is 0.905 bits per heavy atom. The summed E-state index contributed by atoms with van der Waals surface area (Å²) in [6.07, 6.45) is 0. The Morgan fingerprint density at radius 3 is 1.57 bits per heavy atom. The minimum Gasteiger partial charge on any atom is -0.295 e. The molecule has 0 bridgehead atoms. The molecule has 0 amide bonds. The first-order valence-corrected chi connectivity index (χ1v) is 13.9.